The molecular formula is C22H34N2O3. The van der Waals surface area contributed by atoms with Crippen LogP contribution in [0.15, 0.2) is 18.2 Å². The zero-order valence-electron chi connectivity index (χ0n) is 16.9. The first kappa shape index (κ1) is 20.0. The molecule has 1 aromatic rings. The number of nitrogens with zero attached hydrogens (tertiary/aromatic N) is 2. The maximum atomic E-state index is 12.5. The van der Waals surface area contributed by atoms with Crippen molar-refractivity contribution in [2.24, 2.45) is 5.92 Å². The molecule has 1 saturated heterocycles. The molecule has 1 aliphatic heterocycles. The number of carbonyl (C=O) groups is 1. The molecule has 0 atom stereocenters. The van der Waals surface area contributed by atoms with Gasteiger partial charge in [0.05, 0.1) is 13.7 Å². The third kappa shape index (κ3) is 5.61. The van der Waals surface area contributed by atoms with Crippen LogP contribution >= 0.6 is 0 Å². The molecule has 0 aromatic heterocycles. The van der Waals surface area contributed by atoms with E-state index in [2.05, 4.69) is 21.9 Å². The van der Waals surface area contributed by atoms with E-state index in [4.69, 9.17) is 9.47 Å². The molecule has 2 aliphatic rings. The summed E-state index contributed by atoms with van der Waals surface area (Å²) in [4.78, 5) is 17.0. The van der Waals surface area contributed by atoms with Crippen molar-refractivity contribution in [3.8, 4) is 11.5 Å². The third-order valence-electron chi connectivity index (χ3n) is 5.90. The van der Waals surface area contributed by atoms with Crippen LogP contribution in [0.5, 0.6) is 11.5 Å². The van der Waals surface area contributed by atoms with E-state index in [1.165, 1.54) is 31.2 Å². The Kier molecular flexibility index (Phi) is 7.39. The summed E-state index contributed by atoms with van der Waals surface area (Å²) in [5, 5.41) is 0. The van der Waals surface area contributed by atoms with Gasteiger partial charge in [0.25, 0.3) is 0 Å². The van der Waals surface area contributed by atoms with E-state index >= 15 is 0 Å². The molecule has 1 amide bonds. The first-order valence-electron chi connectivity index (χ1n) is 10.5. The Morgan fingerprint density at radius 3 is 2.52 bits per heavy atom. The number of hydrogen-bond donors (Lipinski definition) is 0. The zero-order valence-corrected chi connectivity index (χ0v) is 16.9. The fraction of sp³-hybridized carbons (Fsp3) is 0.682. The number of carbonyl (C=O) groups excluding carboxylic acids is 1. The molecule has 2 fully saturated rings. The molecule has 1 heterocycles. The molecule has 150 valence electrons. The molecule has 5 heteroatoms. The lowest BCUT2D eigenvalue weighted by Crippen LogP contribution is -2.48. The molecule has 1 aromatic carbocycles. The standard InChI is InChI=1S/C22H34N2O3/c1-3-27-21-16-19(8-10-20(21)26-2)17-23-12-14-24(15-13-23)22(25)11-9-18-6-4-5-7-18/h8,10,16,18H,3-7,9,11-15,17H2,1-2H3. The first-order chi connectivity index (χ1) is 13.2. The summed E-state index contributed by atoms with van der Waals surface area (Å²) in [6.07, 6.45) is 7.19. The fourth-order valence-corrected chi connectivity index (χ4v) is 4.29. The summed E-state index contributed by atoms with van der Waals surface area (Å²) >= 11 is 0. The highest BCUT2D eigenvalue weighted by Gasteiger charge is 2.23. The van der Waals surface area contributed by atoms with E-state index in [0.29, 0.717) is 12.5 Å². The van der Waals surface area contributed by atoms with Crippen LogP contribution in [0, 0.1) is 5.92 Å². The Morgan fingerprint density at radius 2 is 1.85 bits per heavy atom. The summed E-state index contributed by atoms with van der Waals surface area (Å²) in [6, 6.07) is 6.14. The SMILES string of the molecule is CCOc1cc(CN2CCN(C(=O)CCC3CCCC3)CC2)ccc1OC. The van der Waals surface area contributed by atoms with Crippen molar-refractivity contribution in [1.82, 2.24) is 9.80 Å². The van der Waals surface area contributed by atoms with Crippen molar-refractivity contribution in [3.63, 3.8) is 0 Å². The van der Waals surface area contributed by atoms with Gasteiger partial charge in [0.1, 0.15) is 0 Å². The van der Waals surface area contributed by atoms with Crippen molar-refractivity contribution >= 4 is 5.91 Å². The summed E-state index contributed by atoms with van der Waals surface area (Å²) in [6.45, 7) is 7.05. The second kappa shape index (κ2) is 9.98. The summed E-state index contributed by atoms with van der Waals surface area (Å²) in [5.41, 5.74) is 1.22. The average molecular weight is 375 g/mol. The van der Waals surface area contributed by atoms with Crippen molar-refractivity contribution in [2.45, 2.75) is 52.0 Å². The normalized spacial score (nSPS) is 18.7. The average Bonchev–Trinajstić information content (AvgIpc) is 3.21. The van der Waals surface area contributed by atoms with Gasteiger partial charge in [0, 0.05) is 39.1 Å². The van der Waals surface area contributed by atoms with Crippen LogP contribution in [-0.2, 0) is 11.3 Å². The molecule has 3 rings (SSSR count). The molecular weight excluding hydrogens is 340 g/mol. The number of piperazine rings is 1. The maximum Gasteiger partial charge on any atom is 0.222 e. The summed E-state index contributed by atoms with van der Waals surface area (Å²) in [5.74, 6) is 2.73. The number of rotatable bonds is 8. The van der Waals surface area contributed by atoms with Crippen LogP contribution in [-0.4, -0.2) is 55.6 Å². The first-order valence-corrected chi connectivity index (χ1v) is 10.5. The Labute approximate surface area is 163 Å². The number of amides is 1. The molecule has 1 aliphatic carbocycles. The summed E-state index contributed by atoms with van der Waals surface area (Å²) < 4.78 is 11.0. The highest BCUT2D eigenvalue weighted by atomic mass is 16.5. The largest absolute Gasteiger partial charge is 0.493 e. The van der Waals surface area contributed by atoms with Gasteiger partial charge >= 0.3 is 0 Å². The fourth-order valence-electron chi connectivity index (χ4n) is 4.29. The topological polar surface area (TPSA) is 42.0 Å². The Morgan fingerprint density at radius 1 is 1.11 bits per heavy atom. The third-order valence-corrected chi connectivity index (χ3v) is 5.90. The number of benzene rings is 1. The number of hydrogen-bond acceptors (Lipinski definition) is 4. The van der Waals surface area contributed by atoms with Crippen molar-refractivity contribution < 1.29 is 14.3 Å². The monoisotopic (exact) mass is 374 g/mol. The Balaban J connectivity index is 1.45. The highest BCUT2D eigenvalue weighted by Crippen LogP contribution is 2.30. The second-order valence-corrected chi connectivity index (χ2v) is 7.76. The van der Waals surface area contributed by atoms with E-state index in [1.807, 2.05) is 13.0 Å². The number of ether oxygens (including phenoxy) is 2. The lowest BCUT2D eigenvalue weighted by atomic mass is 10.0. The quantitative estimate of drug-likeness (QED) is 0.696. The molecule has 0 spiro atoms. The van der Waals surface area contributed by atoms with Crippen LogP contribution in [0.1, 0.15) is 51.0 Å². The van der Waals surface area contributed by atoms with Crippen LogP contribution in [0.2, 0.25) is 0 Å². The predicted molar refractivity (Wildman–Crippen MR) is 107 cm³/mol. The van der Waals surface area contributed by atoms with Crippen LogP contribution in [0.3, 0.4) is 0 Å². The molecule has 0 bridgehead atoms. The molecule has 27 heavy (non-hydrogen) atoms. The van der Waals surface area contributed by atoms with Gasteiger partial charge in [-0.3, -0.25) is 9.69 Å². The van der Waals surface area contributed by atoms with Gasteiger partial charge in [0.2, 0.25) is 5.91 Å². The lowest BCUT2D eigenvalue weighted by Gasteiger charge is -2.35. The van der Waals surface area contributed by atoms with Gasteiger partial charge in [0.15, 0.2) is 11.5 Å². The van der Waals surface area contributed by atoms with Crippen molar-refractivity contribution in [1.29, 1.82) is 0 Å². The second-order valence-electron chi connectivity index (χ2n) is 7.76. The maximum absolute atomic E-state index is 12.5. The Hall–Kier alpha value is -1.75. The predicted octanol–water partition coefficient (Wildman–Crippen LogP) is 3.71. The van der Waals surface area contributed by atoms with E-state index in [1.54, 1.807) is 7.11 Å². The molecule has 0 N–H and O–H groups in total. The van der Waals surface area contributed by atoms with E-state index in [9.17, 15) is 4.79 Å². The van der Waals surface area contributed by atoms with Crippen LogP contribution in [0.25, 0.3) is 0 Å². The van der Waals surface area contributed by atoms with E-state index in [0.717, 1.165) is 63.0 Å². The van der Waals surface area contributed by atoms with Gasteiger partial charge in [-0.1, -0.05) is 31.7 Å². The number of methoxy groups -OCH3 is 1. The van der Waals surface area contributed by atoms with Crippen molar-refractivity contribution in [3.05, 3.63) is 23.8 Å². The minimum atomic E-state index is 0.352. The van der Waals surface area contributed by atoms with Gasteiger partial charge in [-0.25, -0.2) is 0 Å². The van der Waals surface area contributed by atoms with Crippen LogP contribution in [0.4, 0.5) is 0 Å². The molecule has 0 unspecified atom stereocenters. The summed E-state index contributed by atoms with van der Waals surface area (Å²) in [7, 11) is 1.67. The molecule has 1 saturated carbocycles. The smallest absolute Gasteiger partial charge is 0.222 e. The zero-order chi connectivity index (χ0) is 19.1. The van der Waals surface area contributed by atoms with Gasteiger partial charge in [-0.2, -0.15) is 0 Å². The minimum Gasteiger partial charge on any atom is -0.493 e. The van der Waals surface area contributed by atoms with Gasteiger partial charge in [-0.15, -0.1) is 0 Å². The van der Waals surface area contributed by atoms with Gasteiger partial charge in [-0.05, 0) is 37.0 Å². The minimum absolute atomic E-state index is 0.352. The Bertz CT molecular complexity index is 606. The highest BCUT2D eigenvalue weighted by molar-refractivity contribution is 5.76. The van der Waals surface area contributed by atoms with Gasteiger partial charge < -0.3 is 14.4 Å². The lowest BCUT2D eigenvalue weighted by molar-refractivity contribution is -0.133. The van der Waals surface area contributed by atoms with Crippen LogP contribution < -0.4 is 9.47 Å². The van der Waals surface area contributed by atoms with E-state index < -0.39 is 0 Å². The molecule has 5 nitrogen and oxygen atoms in total. The van der Waals surface area contributed by atoms with E-state index in [-0.39, 0.29) is 0 Å². The molecule has 0 radical (unpaired) electrons. The van der Waals surface area contributed by atoms with Crippen molar-refractivity contribution in [2.75, 3.05) is 39.9 Å².